The summed E-state index contributed by atoms with van der Waals surface area (Å²) in [7, 11) is 0. The third-order valence-electron chi connectivity index (χ3n) is 3.68. The molecule has 2 heterocycles. The molecule has 1 amide bonds. The number of nitrogens with zero attached hydrogens (tertiary/aromatic N) is 1. The van der Waals surface area contributed by atoms with Crippen molar-refractivity contribution in [3.05, 3.63) is 46.1 Å². The number of amides is 1. The first kappa shape index (κ1) is 19.3. The van der Waals surface area contributed by atoms with Crippen LogP contribution in [0.3, 0.4) is 0 Å². The molecule has 9 heteroatoms. The van der Waals surface area contributed by atoms with Crippen molar-refractivity contribution in [1.29, 1.82) is 0 Å². The lowest BCUT2D eigenvalue weighted by Crippen LogP contribution is -2.30. The Morgan fingerprint density at radius 2 is 1.96 bits per heavy atom. The van der Waals surface area contributed by atoms with E-state index in [0.717, 1.165) is 0 Å². The summed E-state index contributed by atoms with van der Waals surface area (Å²) in [6.07, 6.45) is 0.318. The maximum absolute atomic E-state index is 12.2. The molecule has 2 aromatic rings. The molecule has 3 rings (SSSR count). The zero-order valence-electron chi connectivity index (χ0n) is 14.3. The highest BCUT2D eigenvalue weighted by Gasteiger charge is 2.20. The highest BCUT2D eigenvalue weighted by atomic mass is 35.5. The molecule has 1 aromatic carbocycles. The number of pyridine rings is 1. The number of carbonyl (C=O) groups excluding carboxylic acids is 2. The first-order chi connectivity index (χ1) is 12.9. The van der Waals surface area contributed by atoms with Gasteiger partial charge in [0.25, 0.3) is 5.91 Å². The highest BCUT2D eigenvalue weighted by molar-refractivity contribution is 6.36. The first-order valence-corrected chi connectivity index (χ1v) is 8.88. The molecular formula is C18H16Cl2N2O5. The summed E-state index contributed by atoms with van der Waals surface area (Å²) in [6.45, 7) is 2.41. The zero-order valence-corrected chi connectivity index (χ0v) is 15.8. The molecule has 142 valence electrons. The third kappa shape index (κ3) is 5.02. The number of aromatic nitrogens is 1. The van der Waals surface area contributed by atoms with Gasteiger partial charge in [-0.15, -0.1) is 0 Å². The van der Waals surface area contributed by atoms with Crippen molar-refractivity contribution in [2.24, 2.45) is 0 Å². The Bertz CT molecular complexity index is 875. The van der Waals surface area contributed by atoms with Gasteiger partial charge in [0, 0.05) is 6.20 Å². The summed E-state index contributed by atoms with van der Waals surface area (Å²) >= 11 is 11.7. The van der Waals surface area contributed by atoms with Crippen LogP contribution in [0.25, 0.3) is 0 Å². The largest absolute Gasteiger partial charge is 0.486 e. The molecular weight excluding hydrogens is 395 g/mol. The summed E-state index contributed by atoms with van der Waals surface area (Å²) in [4.78, 5) is 28.2. The van der Waals surface area contributed by atoms with Gasteiger partial charge < -0.3 is 19.5 Å². The van der Waals surface area contributed by atoms with Gasteiger partial charge in [0.05, 0.1) is 16.5 Å². The summed E-state index contributed by atoms with van der Waals surface area (Å²) in [5, 5.41) is 3.02. The molecule has 0 saturated carbocycles. The Balaban J connectivity index is 1.56. The molecule has 27 heavy (non-hydrogen) atoms. The van der Waals surface area contributed by atoms with Crippen molar-refractivity contribution in [1.82, 2.24) is 4.98 Å². The smallest absolute Gasteiger partial charge is 0.311 e. The van der Waals surface area contributed by atoms with Crippen LogP contribution in [-0.4, -0.2) is 36.2 Å². The number of fused-ring (bicyclic) bond motifs is 1. The molecule has 0 saturated heterocycles. The number of halogens is 2. The van der Waals surface area contributed by atoms with Crippen LogP contribution < -0.4 is 14.8 Å². The van der Waals surface area contributed by atoms with Gasteiger partial charge in [-0.05, 0) is 30.7 Å². The van der Waals surface area contributed by atoms with Gasteiger partial charge in [-0.1, -0.05) is 29.3 Å². The van der Waals surface area contributed by atoms with E-state index in [1.54, 1.807) is 18.2 Å². The van der Waals surface area contributed by atoms with E-state index in [1.807, 2.05) is 0 Å². The van der Waals surface area contributed by atoms with Gasteiger partial charge in [0.1, 0.15) is 13.2 Å². The second-order valence-electron chi connectivity index (χ2n) is 5.76. The Morgan fingerprint density at radius 1 is 1.22 bits per heavy atom. The van der Waals surface area contributed by atoms with Crippen molar-refractivity contribution in [3.63, 3.8) is 0 Å². The number of anilines is 1. The minimum absolute atomic E-state index is 0.00574. The van der Waals surface area contributed by atoms with Crippen LogP contribution in [0.15, 0.2) is 30.5 Å². The maximum atomic E-state index is 12.2. The molecule has 1 atom stereocenters. The van der Waals surface area contributed by atoms with Crippen molar-refractivity contribution < 1.29 is 23.8 Å². The number of carbonyl (C=O) groups is 2. The van der Waals surface area contributed by atoms with Crippen LogP contribution in [0.5, 0.6) is 11.5 Å². The van der Waals surface area contributed by atoms with Gasteiger partial charge in [-0.2, -0.15) is 0 Å². The van der Waals surface area contributed by atoms with Crippen molar-refractivity contribution in [3.8, 4) is 11.5 Å². The molecule has 1 aliphatic rings. The van der Waals surface area contributed by atoms with E-state index in [-0.39, 0.29) is 17.3 Å². The number of nitrogens with one attached hydrogen (secondary N) is 1. The lowest BCUT2D eigenvalue weighted by molar-refractivity contribution is -0.152. The van der Waals surface area contributed by atoms with Crippen LogP contribution in [0.4, 0.5) is 5.82 Å². The van der Waals surface area contributed by atoms with E-state index < -0.39 is 18.0 Å². The lowest BCUT2D eigenvalue weighted by Gasteiger charge is -2.19. The van der Waals surface area contributed by atoms with Crippen LogP contribution in [-0.2, 0) is 20.7 Å². The monoisotopic (exact) mass is 410 g/mol. The van der Waals surface area contributed by atoms with E-state index >= 15 is 0 Å². The number of benzene rings is 1. The number of hydrogen-bond acceptors (Lipinski definition) is 6. The van der Waals surface area contributed by atoms with E-state index in [0.29, 0.717) is 35.3 Å². The van der Waals surface area contributed by atoms with E-state index in [4.69, 9.17) is 37.4 Å². The molecule has 0 spiro atoms. The van der Waals surface area contributed by atoms with Crippen molar-refractivity contribution in [2.45, 2.75) is 19.4 Å². The first-order valence-electron chi connectivity index (χ1n) is 8.12. The summed E-state index contributed by atoms with van der Waals surface area (Å²) in [5.74, 6) is 0.256. The number of esters is 1. The Hall–Kier alpha value is -2.51. The van der Waals surface area contributed by atoms with Gasteiger partial charge in [-0.25, -0.2) is 4.98 Å². The second-order valence-corrected chi connectivity index (χ2v) is 6.60. The molecule has 0 aliphatic carbocycles. The van der Waals surface area contributed by atoms with E-state index in [2.05, 4.69) is 10.3 Å². The predicted molar refractivity (Wildman–Crippen MR) is 99.6 cm³/mol. The Kier molecular flexibility index (Phi) is 6.03. The topological polar surface area (TPSA) is 86.8 Å². The van der Waals surface area contributed by atoms with Gasteiger partial charge in [0.2, 0.25) is 0 Å². The Morgan fingerprint density at radius 3 is 2.70 bits per heavy atom. The maximum Gasteiger partial charge on any atom is 0.311 e. The molecule has 0 unspecified atom stereocenters. The number of hydrogen-bond donors (Lipinski definition) is 1. The van der Waals surface area contributed by atoms with Crippen molar-refractivity contribution in [2.75, 3.05) is 18.5 Å². The molecule has 0 radical (unpaired) electrons. The third-order valence-corrected chi connectivity index (χ3v) is 4.18. The van der Waals surface area contributed by atoms with E-state index in [9.17, 15) is 9.59 Å². The minimum Gasteiger partial charge on any atom is -0.486 e. The second kappa shape index (κ2) is 8.45. The van der Waals surface area contributed by atoms with Gasteiger partial charge in [-0.3, -0.25) is 9.59 Å². The van der Waals surface area contributed by atoms with Crippen molar-refractivity contribution >= 4 is 40.9 Å². The average Bonchev–Trinajstić information content (AvgIpc) is 2.63. The van der Waals surface area contributed by atoms with E-state index in [1.165, 1.54) is 19.2 Å². The molecule has 0 bridgehead atoms. The number of rotatable bonds is 5. The predicted octanol–water partition coefficient (Wildman–Crippen LogP) is 3.27. The van der Waals surface area contributed by atoms with Crippen LogP contribution >= 0.6 is 23.2 Å². The molecule has 1 aromatic heterocycles. The normalized spacial score (nSPS) is 13.6. The quantitative estimate of drug-likeness (QED) is 0.761. The SMILES string of the molecule is C[C@@H](OC(=O)Cc1ccc2c(c1)OCCO2)C(=O)Nc1ncc(Cl)cc1Cl. The standard InChI is InChI=1S/C18H16Cl2N2O5/c1-10(18(24)22-17-13(20)8-12(19)9-21-17)27-16(23)7-11-2-3-14-15(6-11)26-5-4-25-14/h2-3,6,8-10H,4-5,7H2,1H3,(H,21,22,24)/t10-/m1/s1. The minimum atomic E-state index is -1.02. The van der Waals surface area contributed by atoms with Gasteiger partial charge >= 0.3 is 5.97 Å². The zero-order chi connectivity index (χ0) is 19.4. The molecule has 0 fully saturated rings. The lowest BCUT2D eigenvalue weighted by atomic mass is 10.1. The number of ether oxygens (including phenoxy) is 3. The Labute approximate surface area is 165 Å². The van der Waals surface area contributed by atoms with Crippen LogP contribution in [0, 0.1) is 0 Å². The van der Waals surface area contributed by atoms with Gasteiger partial charge in [0.15, 0.2) is 23.4 Å². The summed E-state index contributed by atoms with van der Waals surface area (Å²) in [5.41, 5.74) is 0.694. The molecule has 7 nitrogen and oxygen atoms in total. The highest BCUT2D eigenvalue weighted by Crippen LogP contribution is 2.31. The summed E-state index contributed by atoms with van der Waals surface area (Å²) < 4.78 is 16.1. The fourth-order valence-corrected chi connectivity index (χ4v) is 2.81. The summed E-state index contributed by atoms with van der Waals surface area (Å²) in [6, 6.07) is 6.65. The fraction of sp³-hybridized carbons (Fsp3) is 0.278. The average molecular weight is 411 g/mol. The van der Waals surface area contributed by atoms with Crippen LogP contribution in [0.1, 0.15) is 12.5 Å². The molecule has 1 aliphatic heterocycles. The molecule has 1 N–H and O–H groups in total. The van der Waals surface area contributed by atoms with Crippen LogP contribution in [0.2, 0.25) is 10.0 Å². The fourth-order valence-electron chi connectivity index (χ4n) is 2.38.